The van der Waals surface area contributed by atoms with Crippen LogP contribution in [0.5, 0.6) is 0 Å². The molecule has 0 amide bonds. The topological polar surface area (TPSA) is 0 Å². The van der Waals surface area contributed by atoms with Gasteiger partial charge in [0.15, 0.2) is 0 Å². The van der Waals surface area contributed by atoms with Gasteiger partial charge in [-0.15, -0.1) is 0 Å². The van der Waals surface area contributed by atoms with Crippen LogP contribution in [0, 0.1) is 12.8 Å². The molecular formula is C32H35P2Ru+. The van der Waals surface area contributed by atoms with E-state index in [4.69, 9.17) is 0 Å². The Morgan fingerprint density at radius 1 is 0.457 bits per heavy atom. The molecular weight excluding hydrogens is 547 g/mol. The van der Waals surface area contributed by atoms with E-state index in [9.17, 15) is 0 Å². The fourth-order valence-electron chi connectivity index (χ4n) is 4.47. The zero-order valence-electron chi connectivity index (χ0n) is 20.3. The number of hydrogen-bond acceptors (Lipinski definition) is 0. The van der Waals surface area contributed by atoms with Crippen LogP contribution in [0.25, 0.3) is 0 Å². The Morgan fingerprint density at radius 3 is 0.971 bits per heavy atom. The molecule has 0 nitrogen and oxygen atoms in total. The molecule has 4 aromatic rings. The summed E-state index contributed by atoms with van der Waals surface area (Å²) in [7, 11) is -0.580. The molecule has 3 heteroatoms. The van der Waals surface area contributed by atoms with Gasteiger partial charge in [-0.05, 0) is 49.4 Å². The van der Waals surface area contributed by atoms with Gasteiger partial charge in [-0.3, -0.25) is 0 Å². The molecule has 4 rings (SSSR count). The third-order valence-electron chi connectivity index (χ3n) is 6.26. The largest absolute Gasteiger partial charge is 2.00 e. The van der Waals surface area contributed by atoms with E-state index in [1.807, 2.05) is 0 Å². The van der Waals surface area contributed by atoms with E-state index < -0.39 is 0 Å². The molecule has 0 bridgehead atoms. The summed E-state index contributed by atoms with van der Waals surface area (Å²) in [6.45, 7) is 4.54. The second-order valence-corrected chi connectivity index (χ2v) is 13.5. The maximum atomic E-state index is 4.54. The first kappa shape index (κ1) is 27.9. The Kier molecular flexibility index (Phi) is 12.4. The van der Waals surface area contributed by atoms with Crippen LogP contribution >= 0.6 is 15.8 Å². The van der Waals surface area contributed by atoms with Crippen molar-refractivity contribution in [3.8, 4) is 0 Å². The van der Waals surface area contributed by atoms with Crippen molar-refractivity contribution in [1.82, 2.24) is 0 Å². The Hall–Kier alpha value is -1.64. The van der Waals surface area contributed by atoms with Crippen molar-refractivity contribution in [3.63, 3.8) is 0 Å². The van der Waals surface area contributed by atoms with Crippen molar-refractivity contribution in [1.29, 1.82) is 0 Å². The van der Waals surface area contributed by atoms with Crippen LogP contribution in [-0.4, -0.2) is 12.3 Å². The average molecular weight is 583 g/mol. The van der Waals surface area contributed by atoms with Crippen molar-refractivity contribution in [3.05, 3.63) is 128 Å². The molecule has 0 aliphatic carbocycles. The molecule has 0 saturated heterocycles. The first-order valence-electron chi connectivity index (χ1n) is 12.4. The number of benzene rings is 4. The third kappa shape index (κ3) is 8.76. The van der Waals surface area contributed by atoms with Gasteiger partial charge in [0.1, 0.15) is 0 Å². The van der Waals surface area contributed by atoms with Gasteiger partial charge in [0.25, 0.3) is 0 Å². The van der Waals surface area contributed by atoms with Crippen LogP contribution in [0.4, 0.5) is 0 Å². The van der Waals surface area contributed by atoms with Crippen molar-refractivity contribution in [2.24, 2.45) is 5.92 Å². The minimum Gasteiger partial charge on any atom is -0.340 e. The summed E-state index contributed by atoms with van der Waals surface area (Å²) in [5, 5.41) is 5.95. The molecule has 0 unspecified atom stereocenters. The zero-order valence-corrected chi connectivity index (χ0v) is 23.8. The molecule has 0 atom stereocenters. The minimum atomic E-state index is -0.290. The molecule has 0 fully saturated rings. The maximum Gasteiger partial charge on any atom is 2.00 e. The molecule has 4 aromatic carbocycles. The van der Waals surface area contributed by atoms with Crippen LogP contribution in [0.1, 0.15) is 25.7 Å². The predicted molar refractivity (Wildman–Crippen MR) is 155 cm³/mol. The van der Waals surface area contributed by atoms with Crippen molar-refractivity contribution in [2.45, 2.75) is 25.7 Å². The summed E-state index contributed by atoms with van der Waals surface area (Å²) < 4.78 is 0. The average Bonchev–Trinajstić information content (AvgIpc) is 2.91. The molecule has 0 spiro atoms. The van der Waals surface area contributed by atoms with Crippen molar-refractivity contribution in [2.75, 3.05) is 12.3 Å². The minimum absolute atomic E-state index is 0. The van der Waals surface area contributed by atoms with Crippen LogP contribution in [0.15, 0.2) is 121 Å². The summed E-state index contributed by atoms with van der Waals surface area (Å²) in [6.07, 6.45) is 7.41. The summed E-state index contributed by atoms with van der Waals surface area (Å²) >= 11 is 0. The second-order valence-electron chi connectivity index (χ2n) is 8.80. The molecule has 35 heavy (non-hydrogen) atoms. The maximum absolute atomic E-state index is 4.54. The fraction of sp³-hybridized carbons (Fsp3) is 0.219. The predicted octanol–water partition coefficient (Wildman–Crippen LogP) is 7.26. The van der Waals surface area contributed by atoms with Gasteiger partial charge in [0.2, 0.25) is 0 Å². The van der Waals surface area contributed by atoms with E-state index in [2.05, 4.69) is 128 Å². The summed E-state index contributed by atoms with van der Waals surface area (Å²) in [5.74, 6) is 0.534. The van der Waals surface area contributed by atoms with Crippen LogP contribution in [-0.2, 0) is 19.5 Å². The molecule has 0 saturated carbocycles. The molecule has 0 aromatic heterocycles. The van der Waals surface area contributed by atoms with Crippen molar-refractivity contribution < 1.29 is 19.5 Å². The molecule has 0 aliphatic rings. The Labute approximate surface area is 227 Å². The van der Waals surface area contributed by atoms with E-state index in [0.717, 1.165) is 0 Å². The molecule has 0 N–H and O–H groups in total. The van der Waals surface area contributed by atoms with Gasteiger partial charge in [-0.25, -0.2) is 0 Å². The van der Waals surface area contributed by atoms with Gasteiger partial charge >= 0.3 is 19.5 Å². The monoisotopic (exact) mass is 583 g/mol. The van der Waals surface area contributed by atoms with E-state index >= 15 is 0 Å². The zero-order chi connectivity index (χ0) is 23.4. The molecule has 0 radical (unpaired) electrons. The van der Waals surface area contributed by atoms with Crippen LogP contribution in [0.2, 0.25) is 0 Å². The van der Waals surface area contributed by atoms with Gasteiger partial charge in [0.05, 0.1) is 0 Å². The molecule has 0 heterocycles. The first-order chi connectivity index (χ1) is 16.8. The SMILES string of the molecule is [CH2-]C(CCCP(c1ccccc1)c1ccccc1)CCCP(c1ccccc1)c1ccccc1.[Ru+2]. The van der Waals surface area contributed by atoms with E-state index in [0.29, 0.717) is 5.92 Å². The van der Waals surface area contributed by atoms with Gasteiger partial charge in [-0.1, -0.05) is 147 Å². The smallest absolute Gasteiger partial charge is 0.340 e. The van der Waals surface area contributed by atoms with Gasteiger partial charge < -0.3 is 6.92 Å². The normalized spacial score (nSPS) is 11.1. The first-order valence-corrected chi connectivity index (χ1v) is 15.4. The summed E-state index contributed by atoms with van der Waals surface area (Å²) in [6, 6.07) is 44.3. The Balaban J connectivity index is 0.00000342. The van der Waals surface area contributed by atoms with Crippen LogP contribution in [0.3, 0.4) is 0 Å². The molecule has 180 valence electrons. The summed E-state index contributed by atoms with van der Waals surface area (Å²) in [5.41, 5.74) is 0. The van der Waals surface area contributed by atoms with Gasteiger partial charge in [0, 0.05) is 0 Å². The van der Waals surface area contributed by atoms with E-state index in [1.165, 1.54) is 59.2 Å². The Bertz CT molecular complexity index is 904. The van der Waals surface area contributed by atoms with Crippen LogP contribution < -0.4 is 21.2 Å². The molecule has 0 aliphatic heterocycles. The Morgan fingerprint density at radius 2 is 0.714 bits per heavy atom. The third-order valence-corrected chi connectivity index (χ3v) is 11.5. The van der Waals surface area contributed by atoms with Crippen molar-refractivity contribution >= 4 is 37.1 Å². The van der Waals surface area contributed by atoms with E-state index in [-0.39, 0.29) is 35.3 Å². The van der Waals surface area contributed by atoms with Gasteiger partial charge in [-0.2, -0.15) is 5.92 Å². The standard InChI is InChI=1S/C32H35P2.Ru/c1-28(16-14-26-33(29-18-6-2-7-19-29)30-20-8-3-9-21-30)17-15-27-34(31-22-10-4-11-23-31)32-24-12-5-13-25-32;/h2-13,18-25,28H,1,14-17,26-27H2;/q-1;+2. The number of hydrogen-bond donors (Lipinski definition) is 0. The fourth-order valence-corrected chi connectivity index (χ4v) is 9.22. The number of rotatable bonds is 12. The second kappa shape index (κ2) is 15.5. The quantitative estimate of drug-likeness (QED) is 0.0937. The van der Waals surface area contributed by atoms with E-state index in [1.54, 1.807) is 0 Å². The summed E-state index contributed by atoms with van der Waals surface area (Å²) in [4.78, 5) is 0.